The number of benzene rings is 2. The van der Waals surface area contributed by atoms with Gasteiger partial charge in [-0.15, -0.1) is 0 Å². The van der Waals surface area contributed by atoms with E-state index in [1.54, 1.807) is 24.3 Å². The van der Waals surface area contributed by atoms with E-state index < -0.39 is 23.8 Å². The van der Waals surface area contributed by atoms with Gasteiger partial charge in [-0.1, -0.05) is 23.4 Å². The smallest absolute Gasteiger partial charge is 0.416 e. The summed E-state index contributed by atoms with van der Waals surface area (Å²) >= 11 is 0. The number of rotatable bonds is 4. The second-order valence-electron chi connectivity index (χ2n) is 5.60. The van der Waals surface area contributed by atoms with Gasteiger partial charge in [-0.05, 0) is 30.3 Å². The van der Waals surface area contributed by atoms with Crippen LogP contribution in [-0.2, 0) is 15.8 Å². The van der Waals surface area contributed by atoms with Gasteiger partial charge in [0.1, 0.15) is 5.75 Å². The van der Waals surface area contributed by atoms with Crippen molar-refractivity contribution in [2.75, 3.05) is 12.4 Å². The molecule has 0 saturated heterocycles. The Morgan fingerprint density at radius 1 is 1.23 bits per heavy atom. The molecule has 0 unspecified atom stereocenters. The van der Waals surface area contributed by atoms with E-state index in [-0.39, 0.29) is 12.1 Å². The number of halogens is 3. The molecule has 26 heavy (non-hydrogen) atoms. The van der Waals surface area contributed by atoms with Gasteiger partial charge in [-0.25, -0.2) is 0 Å². The largest absolute Gasteiger partial charge is 0.496 e. The fraction of sp³-hybridized carbons (Fsp3) is 0.222. The van der Waals surface area contributed by atoms with Crippen LogP contribution in [0.15, 0.2) is 53.7 Å². The number of methoxy groups -OCH3 is 1. The number of carbonyl (C=O) groups excluding carboxylic acids is 1. The molecule has 1 aliphatic heterocycles. The molecule has 1 N–H and O–H groups in total. The molecule has 1 atom stereocenters. The Bertz CT molecular complexity index is 850. The first-order valence-corrected chi connectivity index (χ1v) is 7.72. The van der Waals surface area contributed by atoms with Crippen LogP contribution in [0.3, 0.4) is 0 Å². The second kappa shape index (κ2) is 7.07. The summed E-state index contributed by atoms with van der Waals surface area (Å²) in [7, 11) is 1.52. The number of nitrogens with zero attached hydrogens (tertiary/aromatic N) is 1. The van der Waals surface area contributed by atoms with Gasteiger partial charge in [0.2, 0.25) is 6.10 Å². The first-order chi connectivity index (χ1) is 12.4. The van der Waals surface area contributed by atoms with E-state index >= 15 is 0 Å². The topological polar surface area (TPSA) is 59.9 Å². The lowest BCUT2D eigenvalue weighted by atomic mass is 10.0. The Morgan fingerprint density at radius 2 is 2.00 bits per heavy atom. The van der Waals surface area contributed by atoms with Crippen LogP contribution in [-0.4, -0.2) is 24.8 Å². The van der Waals surface area contributed by atoms with Gasteiger partial charge in [-0.3, -0.25) is 4.79 Å². The van der Waals surface area contributed by atoms with E-state index in [0.717, 1.165) is 12.1 Å². The summed E-state index contributed by atoms with van der Waals surface area (Å²) in [4.78, 5) is 17.4. The van der Waals surface area contributed by atoms with E-state index in [1.807, 2.05) is 0 Å². The molecule has 1 amide bonds. The summed E-state index contributed by atoms with van der Waals surface area (Å²) in [6.45, 7) is 0. The number of anilines is 1. The van der Waals surface area contributed by atoms with Crippen molar-refractivity contribution in [3.8, 4) is 5.75 Å². The molecule has 0 bridgehead atoms. The average molecular weight is 364 g/mol. The Morgan fingerprint density at radius 3 is 2.73 bits per heavy atom. The maximum Gasteiger partial charge on any atom is 0.416 e. The first kappa shape index (κ1) is 17.8. The number of hydrogen-bond acceptors (Lipinski definition) is 4. The standard InChI is InChI=1S/C18H15F3N2O3/c1-25-15-8-3-2-7-13(15)14-10-16(26-23-14)17(24)22-12-6-4-5-11(9-12)18(19,20)21/h2-9,16H,10H2,1H3,(H,22,24)/t16-/m0/s1. The summed E-state index contributed by atoms with van der Waals surface area (Å²) < 4.78 is 43.5. The number of para-hydroxylation sites is 1. The SMILES string of the molecule is COc1ccccc1C1=NO[C@H](C(=O)Nc2cccc(C(F)(F)F)c2)C1. The monoisotopic (exact) mass is 364 g/mol. The average Bonchev–Trinajstić information content (AvgIpc) is 3.11. The number of alkyl halides is 3. The van der Waals surface area contributed by atoms with Crippen molar-refractivity contribution in [1.82, 2.24) is 0 Å². The number of carbonyl (C=O) groups is 1. The minimum absolute atomic E-state index is 0.0409. The third kappa shape index (κ3) is 3.79. The minimum atomic E-state index is -4.48. The number of ether oxygens (including phenoxy) is 1. The molecular weight excluding hydrogens is 349 g/mol. The molecule has 8 heteroatoms. The van der Waals surface area contributed by atoms with E-state index in [4.69, 9.17) is 9.57 Å². The van der Waals surface area contributed by atoms with Gasteiger partial charge < -0.3 is 14.9 Å². The predicted octanol–water partition coefficient (Wildman–Crippen LogP) is 3.85. The molecule has 0 spiro atoms. The molecule has 0 aliphatic carbocycles. The Kier molecular flexibility index (Phi) is 4.83. The van der Waals surface area contributed by atoms with Crippen molar-refractivity contribution >= 4 is 17.3 Å². The summed E-state index contributed by atoms with van der Waals surface area (Å²) in [5.41, 5.74) is 0.434. The molecule has 1 heterocycles. The molecule has 3 rings (SSSR count). The molecule has 0 saturated carbocycles. The van der Waals surface area contributed by atoms with Crippen LogP contribution in [0, 0.1) is 0 Å². The highest BCUT2D eigenvalue weighted by Gasteiger charge is 2.32. The van der Waals surface area contributed by atoms with Crippen molar-refractivity contribution in [3.05, 3.63) is 59.7 Å². The van der Waals surface area contributed by atoms with Gasteiger partial charge in [0.15, 0.2) is 0 Å². The molecule has 1 aliphatic rings. The quantitative estimate of drug-likeness (QED) is 0.897. The Hall–Kier alpha value is -3.03. The van der Waals surface area contributed by atoms with E-state index in [0.29, 0.717) is 17.0 Å². The highest BCUT2D eigenvalue weighted by atomic mass is 19.4. The maximum absolute atomic E-state index is 12.7. The first-order valence-electron chi connectivity index (χ1n) is 7.72. The Balaban J connectivity index is 1.68. The maximum atomic E-state index is 12.7. The van der Waals surface area contributed by atoms with Crippen molar-refractivity contribution in [2.24, 2.45) is 5.16 Å². The van der Waals surface area contributed by atoms with Crippen LogP contribution >= 0.6 is 0 Å². The van der Waals surface area contributed by atoms with E-state index in [9.17, 15) is 18.0 Å². The highest BCUT2D eigenvalue weighted by Crippen LogP contribution is 2.31. The zero-order chi connectivity index (χ0) is 18.7. The van der Waals surface area contributed by atoms with E-state index in [2.05, 4.69) is 10.5 Å². The van der Waals surface area contributed by atoms with Crippen LogP contribution in [0.5, 0.6) is 5.75 Å². The van der Waals surface area contributed by atoms with Crippen molar-refractivity contribution in [3.63, 3.8) is 0 Å². The summed E-state index contributed by atoms with van der Waals surface area (Å²) in [6, 6.07) is 11.6. The fourth-order valence-electron chi connectivity index (χ4n) is 2.56. The summed E-state index contributed by atoms with van der Waals surface area (Å²) in [5, 5.41) is 6.34. The van der Waals surface area contributed by atoms with Gasteiger partial charge in [0.25, 0.3) is 5.91 Å². The zero-order valence-corrected chi connectivity index (χ0v) is 13.7. The van der Waals surface area contributed by atoms with Crippen LogP contribution in [0.2, 0.25) is 0 Å². The van der Waals surface area contributed by atoms with Crippen molar-refractivity contribution in [2.45, 2.75) is 18.7 Å². The normalized spacial score (nSPS) is 16.6. The Labute approximate surface area is 147 Å². The van der Waals surface area contributed by atoms with Gasteiger partial charge in [0, 0.05) is 17.7 Å². The van der Waals surface area contributed by atoms with Crippen LogP contribution < -0.4 is 10.1 Å². The third-order valence-electron chi connectivity index (χ3n) is 3.84. The molecule has 136 valence electrons. The molecule has 0 fully saturated rings. The highest BCUT2D eigenvalue weighted by molar-refractivity contribution is 6.07. The number of oxime groups is 1. The number of hydrogen-bond donors (Lipinski definition) is 1. The predicted molar refractivity (Wildman–Crippen MR) is 89.1 cm³/mol. The lowest BCUT2D eigenvalue weighted by molar-refractivity contribution is -0.137. The zero-order valence-electron chi connectivity index (χ0n) is 13.7. The summed E-state index contributed by atoms with van der Waals surface area (Å²) in [5.74, 6) is 0.0201. The summed E-state index contributed by atoms with van der Waals surface area (Å²) in [6.07, 6.45) is -5.22. The van der Waals surface area contributed by atoms with Crippen LogP contribution in [0.4, 0.5) is 18.9 Å². The molecular formula is C18H15F3N2O3. The number of nitrogens with one attached hydrogen (secondary N) is 1. The lowest BCUT2D eigenvalue weighted by Crippen LogP contribution is -2.28. The fourth-order valence-corrected chi connectivity index (χ4v) is 2.56. The minimum Gasteiger partial charge on any atom is -0.496 e. The van der Waals surface area contributed by atoms with Gasteiger partial charge >= 0.3 is 6.18 Å². The molecule has 0 aromatic heterocycles. The van der Waals surface area contributed by atoms with Crippen molar-refractivity contribution in [1.29, 1.82) is 0 Å². The molecule has 2 aromatic carbocycles. The second-order valence-corrected chi connectivity index (χ2v) is 5.60. The number of amides is 1. The molecule has 5 nitrogen and oxygen atoms in total. The van der Waals surface area contributed by atoms with Crippen LogP contribution in [0.25, 0.3) is 0 Å². The van der Waals surface area contributed by atoms with Crippen LogP contribution in [0.1, 0.15) is 17.5 Å². The van der Waals surface area contributed by atoms with Gasteiger partial charge in [-0.2, -0.15) is 13.2 Å². The van der Waals surface area contributed by atoms with Crippen molar-refractivity contribution < 1.29 is 27.5 Å². The third-order valence-corrected chi connectivity index (χ3v) is 3.84. The molecule has 0 radical (unpaired) electrons. The van der Waals surface area contributed by atoms with E-state index in [1.165, 1.54) is 19.2 Å². The van der Waals surface area contributed by atoms with Gasteiger partial charge in [0.05, 0.1) is 18.4 Å². The molecule has 2 aromatic rings. The lowest BCUT2D eigenvalue weighted by Gasteiger charge is -2.12.